The quantitative estimate of drug-likeness (QED) is 0.597. The highest BCUT2D eigenvalue weighted by Crippen LogP contribution is 2.50. The number of amides is 1. The predicted molar refractivity (Wildman–Crippen MR) is 136 cm³/mol. The molecule has 2 aliphatic rings. The minimum Gasteiger partial charge on any atom is -0.508 e. The maximum absolute atomic E-state index is 13.7. The Bertz CT molecular complexity index is 992. The van der Waals surface area contributed by atoms with Crippen molar-refractivity contribution in [1.82, 2.24) is 9.80 Å². The molecule has 1 heterocycles. The van der Waals surface area contributed by atoms with Gasteiger partial charge in [-0.1, -0.05) is 50.3 Å². The average Bonchev–Trinajstić information content (AvgIpc) is 2.83. The van der Waals surface area contributed by atoms with Crippen LogP contribution in [-0.2, 0) is 5.41 Å². The number of hydrogen-bond acceptors (Lipinski definition) is 4. The summed E-state index contributed by atoms with van der Waals surface area (Å²) in [6.07, 6.45) is 3.61. The summed E-state index contributed by atoms with van der Waals surface area (Å²) < 4.78 is 0. The highest BCUT2D eigenvalue weighted by atomic mass is 16.3. The number of aliphatic hydroxyl groups excluding tert-OH is 1. The molecule has 34 heavy (non-hydrogen) atoms. The summed E-state index contributed by atoms with van der Waals surface area (Å²) in [5, 5.41) is 21.9. The van der Waals surface area contributed by atoms with Gasteiger partial charge in [-0.15, -0.1) is 6.58 Å². The van der Waals surface area contributed by atoms with Crippen LogP contribution in [0.1, 0.15) is 49.0 Å². The molecular formula is C29H38N2O3. The minimum atomic E-state index is -0.535. The number of piperidine rings is 1. The topological polar surface area (TPSA) is 64.0 Å². The van der Waals surface area contributed by atoms with Crippen molar-refractivity contribution in [1.29, 1.82) is 0 Å². The summed E-state index contributed by atoms with van der Waals surface area (Å²) in [6, 6.07) is 16.9. The Kier molecular flexibility index (Phi) is 7.44. The molecule has 1 saturated heterocycles. The van der Waals surface area contributed by atoms with Crippen LogP contribution in [0.2, 0.25) is 0 Å². The van der Waals surface area contributed by atoms with Crippen LogP contribution in [0.4, 0.5) is 0 Å². The number of aliphatic hydroxyl groups is 1. The van der Waals surface area contributed by atoms with E-state index in [2.05, 4.69) is 31.4 Å². The van der Waals surface area contributed by atoms with Gasteiger partial charge in [-0.05, 0) is 61.6 Å². The summed E-state index contributed by atoms with van der Waals surface area (Å²) in [7, 11) is 0. The standard InChI is InChI=1S/C29H38N2O3/c1-4-14-30-15-13-29(23-11-8-12-25(32)16-23)18-24(17-27(33)26(29)20-30)31(19-21(2)3)28(34)22-9-6-5-7-10-22/h4-12,16,21,24,26-27,32-33H,1,13-15,17-20H2,2-3H3/t24-,26+,27?,29+/m1/s1. The van der Waals surface area contributed by atoms with Crippen molar-refractivity contribution in [3.05, 3.63) is 78.4 Å². The number of benzene rings is 2. The Morgan fingerprint density at radius 1 is 1.24 bits per heavy atom. The fourth-order valence-corrected chi connectivity index (χ4v) is 6.19. The molecule has 2 aromatic rings. The average molecular weight is 463 g/mol. The largest absolute Gasteiger partial charge is 0.508 e. The first-order valence-electron chi connectivity index (χ1n) is 12.5. The van der Waals surface area contributed by atoms with E-state index in [0.717, 1.165) is 38.0 Å². The van der Waals surface area contributed by atoms with E-state index in [1.807, 2.05) is 53.4 Å². The molecule has 2 fully saturated rings. The van der Waals surface area contributed by atoms with Crippen molar-refractivity contribution in [3.63, 3.8) is 0 Å². The number of phenols is 1. The fourth-order valence-electron chi connectivity index (χ4n) is 6.19. The molecule has 2 N–H and O–H groups in total. The first-order valence-corrected chi connectivity index (χ1v) is 12.5. The Morgan fingerprint density at radius 3 is 2.68 bits per heavy atom. The molecule has 1 aliphatic carbocycles. The van der Waals surface area contributed by atoms with Crippen LogP contribution >= 0.6 is 0 Å². The van der Waals surface area contributed by atoms with E-state index in [4.69, 9.17) is 0 Å². The van der Waals surface area contributed by atoms with Gasteiger partial charge in [0.05, 0.1) is 6.10 Å². The minimum absolute atomic E-state index is 0.0279. The molecule has 1 saturated carbocycles. The van der Waals surface area contributed by atoms with Gasteiger partial charge < -0.3 is 15.1 Å². The van der Waals surface area contributed by atoms with Gasteiger partial charge in [0, 0.05) is 42.6 Å². The van der Waals surface area contributed by atoms with Gasteiger partial charge in [-0.3, -0.25) is 9.69 Å². The Labute approximate surface area is 203 Å². The van der Waals surface area contributed by atoms with Crippen LogP contribution in [0.15, 0.2) is 67.3 Å². The number of phenolic OH excluding ortho intramolecular Hbond substituents is 1. The maximum atomic E-state index is 13.7. The second kappa shape index (κ2) is 10.3. The van der Waals surface area contributed by atoms with Gasteiger partial charge in [0.1, 0.15) is 5.75 Å². The van der Waals surface area contributed by atoms with Crippen molar-refractivity contribution in [2.75, 3.05) is 26.2 Å². The van der Waals surface area contributed by atoms with Crippen molar-refractivity contribution in [3.8, 4) is 5.75 Å². The number of nitrogens with zero attached hydrogens (tertiary/aromatic N) is 2. The summed E-state index contributed by atoms with van der Waals surface area (Å²) in [5.74, 6) is 0.621. The predicted octanol–water partition coefficient (Wildman–Crippen LogP) is 4.46. The van der Waals surface area contributed by atoms with Crippen LogP contribution in [0.5, 0.6) is 5.75 Å². The van der Waals surface area contributed by atoms with E-state index in [1.165, 1.54) is 0 Å². The van der Waals surface area contributed by atoms with Crippen molar-refractivity contribution >= 4 is 5.91 Å². The molecule has 0 spiro atoms. The van der Waals surface area contributed by atoms with Gasteiger partial charge in [0.2, 0.25) is 0 Å². The van der Waals surface area contributed by atoms with Gasteiger partial charge in [-0.2, -0.15) is 0 Å². The lowest BCUT2D eigenvalue weighted by Crippen LogP contribution is -2.61. The second-order valence-corrected chi connectivity index (χ2v) is 10.5. The third-order valence-electron chi connectivity index (χ3n) is 7.71. The zero-order valence-electron chi connectivity index (χ0n) is 20.4. The van der Waals surface area contributed by atoms with Gasteiger partial charge >= 0.3 is 0 Å². The Hall–Kier alpha value is -2.63. The Morgan fingerprint density at radius 2 is 2.00 bits per heavy atom. The monoisotopic (exact) mass is 462 g/mol. The molecule has 5 nitrogen and oxygen atoms in total. The molecule has 2 aromatic carbocycles. The van der Waals surface area contributed by atoms with Crippen molar-refractivity contribution in [2.24, 2.45) is 11.8 Å². The first-order chi connectivity index (χ1) is 16.3. The van der Waals surface area contributed by atoms with E-state index >= 15 is 0 Å². The molecule has 0 aromatic heterocycles. The normalized spacial score (nSPS) is 27.2. The second-order valence-electron chi connectivity index (χ2n) is 10.5. The smallest absolute Gasteiger partial charge is 0.254 e. The zero-order valence-corrected chi connectivity index (χ0v) is 20.4. The van der Waals surface area contributed by atoms with Crippen LogP contribution in [0.3, 0.4) is 0 Å². The van der Waals surface area contributed by atoms with Crippen LogP contribution in [0.25, 0.3) is 0 Å². The highest BCUT2D eigenvalue weighted by Gasteiger charge is 2.53. The SMILES string of the molecule is C=CCN1CC[C@@]2(c3cccc(O)c3)C[C@H](N(CC(C)C)C(=O)c3ccccc3)CC(O)[C@@H]2C1. The molecule has 1 amide bonds. The highest BCUT2D eigenvalue weighted by molar-refractivity contribution is 5.94. The lowest BCUT2D eigenvalue weighted by atomic mass is 9.56. The van der Waals surface area contributed by atoms with Gasteiger partial charge in [-0.25, -0.2) is 0 Å². The molecule has 4 atom stereocenters. The molecule has 0 bridgehead atoms. The molecule has 5 heteroatoms. The van der Waals surface area contributed by atoms with Crippen LogP contribution in [0, 0.1) is 11.8 Å². The number of fused-ring (bicyclic) bond motifs is 1. The number of hydrogen-bond donors (Lipinski definition) is 2. The molecule has 4 rings (SSSR count). The van der Waals surface area contributed by atoms with Gasteiger partial charge in [0.25, 0.3) is 5.91 Å². The number of rotatable bonds is 7. The first kappa shape index (κ1) is 24.5. The lowest BCUT2D eigenvalue weighted by molar-refractivity contribution is -0.0630. The van der Waals surface area contributed by atoms with Crippen LogP contribution < -0.4 is 0 Å². The molecule has 182 valence electrons. The molecule has 0 radical (unpaired) electrons. The maximum Gasteiger partial charge on any atom is 0.254 e. The van der Waals surface area contributed by atoms with Crippen LogP contribution in [-0.4, -0.2) is 64.2 Å². The van der Waals surface area contributed by atoms with E-state index in [-0.39, 0.29) is 29.0 Å². The molecular weight excluding hydrogens is 424 g/mol. The zero-order chi connectivity index (χ0) is 24.3. The lowest BCUT2D eigenvalue weighted by Gasteiger charge is -2.56. The van der Waals surface area contributed by atoms with E-state index in [1.54, 1.807) is 6.07 Å². The van der Waals surface area contributed by atoms with Crippen molar-refractivity contribution in [2.45, 2.75) is 50.7 Å². The molecule has 1 aliphatic heterocycles. The summed E-state index contributed by atoms with van der Waals surface area (Å²) in [6.45, 7) is 11.3. The third-order valence-corrected chi connectivity index (χ3v) is 7.71. The van der Waals surface area contributed by atoms with Crippen molar-refractivity contribution < 1.29 is 15.0 Å². The van der Waals surface area contributed by atoms with E-state index < -0.39 is 6.10 Å². The number of likely N-dealkylation sites (tertiary alicyclic amines) is 1. The molecule has 1 unspecified atom stereocenters. The summed E-state index contributed by atoms with van der Waals surface area (Å²) in [4.78, 5) is 18.0. The van der Waals surface area contributed by atoms with E-state index in [9.17, 15) is 15.0 Å². The fraction of sp³-hybridized carbons (Fsp3) is 0.483. The number of aromatic hydroxyl groups is 1. The summed E-state index contributed by atoms with van der Waals surface area (Å²) in [5.41, 5.74) is 1.45. The summed E-state index contributed by atoms with van der Waals surface area (Å²) >= 11 is 0. The van der Waals surface area contributed by atoms with Gasteiger partial charge in [0.15, 0.2) is 0 Å². The Balaban J connectivity index is 1.72. The number of carbonyl (C=O) groups is 1. The third kappa shape index (κ3) is 4.91. The van der Waals surface area contributed by atoms with E-state index in [0.29, 0.717) is 24.4 Å². The number of carbonyl (C=O) groups excluding carboxylic acids is 1.